The molecule has 0 spiro atoms. The fourth-order valence-electron chi connectivity index (χ4n) is 4.39. The molecule has 0 bridgehead atoms. The van der Waals surface area contributed by atoms with E-state index in [1.54, 1.807) is 6.20 Å². The van der Waals surface area contributed by atoms with Crippen LogP contribution in [0.25, 0.3) is 0 Å². The summed E-state index contributed by atoms with van der Waals surface area (Å²) in [5.74, 6) is 0.287. The van der Waals surface area contributed by atoms with Gasteiger partial charge in [-0.3, -0.25) is 14.7 Å². The number of Topliss-reactive ketones (excluding diaryl/α,β-unsaturated/α-hetero) is 1. The number of carbonyl (C=O) groups is 1. The molecule has 1 aliphatic carbocycles. The summed E-state index contributed by atoms with van der Waals surface area (Å²) < 4.78 is 0. The number of hydrogen-bond acceptors (Lipinski definition) is 4. The summed E-state index contributed by atoms with van der Waals surface area (Å²) in [4.78, 5) is 19.4. The number of benzene rings is 1. The summed E-state index contributed by atoms with van der Waals surface area (Å²) in [6, 6.07) is 12.4. The van der Waals surface area contributed by atoms with E-state index in [4.69, 9.17) is 0 Å². The van der Waals surface area contributed by atoms with Crippen LogP contribution in [-0.2, 0) is 12.8 Å². The third kappa shape index (κ3) is 4.12. The van der Waals surface area contributed by atoms with Gasteiger partial charge in [-0.2, -0.15) is 0 Å². The molecule has 4 nitrogen and oxygen atoms in total. The van der Waals surface area contributed by atoms with Gasteiger partial charge in [0, 0.05) is 35.8 Å². The van der Waals surface area contributed by atoms with Crippen LogP contribution in [0.4, 0.5) is 0 Å². The van der Waals surface area contributed by atoms with Crippen molar-refractivity contribution in [1.82, 2.24) is 9.88 Å². The number of rotatable bonds is 3. The molecule has 2 unspecified atom stereocenters. The molecule has 1 aromatic heterocycles. The molecule has 2 aliphatic rings. The smallest absolute Gasteiger partial charge is 0.167 e. The monoisotopic (exact) mass is 366 g/mol. The van der Waals surface area contributed by atoms with Crippen LogP contribution >= 0.6 is 0 Å². The third-order valence-corrected chi connectivity index (χ3v) is 5.99. The van der Waals surface area contributed by atoms with Crippen molar-refractivity contribution >= 4 is 5.78 Å². The van der Waals surface area contributed by atoms with Gasteiger partial charge < -0.3 is 5.11 Å². The fourth-order valence-corrected chi connectivity index (χ4v) is 4.39. The number of aromatic nitrogens is 1. The second-order valence-electron chi connectivity index (χ2n) is 7.67. The lowest BCUT2D eigenvalue weighted by Crippen LogP contribution is -2.51. The van der Waals surface area contributed by atoms with E-state index >= 15 is 0 Å². The van der Waals surface area contributed by atoms with Crippen molar-refractivity contribution in [1.29, 1.82) is 0 Å². The number of pyridine rings is 1. The van der Waals surface area contributed by atoms with Crippen molar-refractivity contribution in [2.24, 2.45) is 5.92 Å². The number of hydrogen-bond donors (Lipinski definition) is 1. The molecule has 0 amide bonds. The Hall–Kier alpha value is -2.04. The van der Waals surface area contributed by atoms with Gasteiger partial charge in [0.25, 0.3) is 0 Å². The van der Waals surface area contributed by atoms with E-state index in [9.17, 15) is 9.90 Å². The zero-order chi connectivity index (χ0) is 18.1. The molecule has 1 saturated heterocycles. The standard InChI is InChI=1S/C22H26N2O2.CH4/c1-15-6-7-19(14-23-15)22(26)16-8-10-24(11-9-16)20-12-17-4-2-3-5-18(17)13-21(20)25;/h2-7,14,16,20-21,25H,8-13H2,1H3;1H4. The third-order valence-electron chi connectivity index (χ3n) is 5.99. The maximum atomic E-state index is 12.7. The van der Waals surface area contributed by atoms with Crippen molar-refractivity contribution in [2.45, 2.75) is 52.2 Å². The molecular formula is C23H30N2O2. The summed E-state index contributed by atoms with van der Waals surface area (Å²) in [5.41, 5.74) is 4.28. The molecule has 2 aromatic rings. The van der Waals surface area contributed by atoms with Crippen LogP contribution < -0.4 is 0 Å². The van der Waals surface area contributed by atoms with E-state index in [0.29, 0.717) is 0 Å². The average Bonchev–Trinajstić information content (AvgIpc) is 2.68. The van der Waals surface area contributed by atoms with Crippen molar-refractivity contribution in [3.8, 4) is 0 Å². The van der Waals surface area contributed by atoms with Gasteiger partial charge in [0.2, 0.25) is 0 Å². The van der Waals surface area contributed by atoms with Crippen molar-refractivity contribution in [3.63, 3.8) is 0 Å². The van der Waals surface area contributed by atoms with E-state index in [1.165, 1.54) is 11.1 Å². The highest BCUT2D eigenvalue weighted by molar-refractivity contribution is 5.97. The molecule has 0 radical (unpaired) electrons. The Morgan fingerprint density at radius 3 is 2.37 bits per heavy atom. The first-order valence-electron chi connectivity index (χ1n) is 9.57. The Balaban J connectivity index is 0.00000210. The van der Waals surface area contributed by atoms with Crippen LogP contribution in [-0.4, -0.2) is 46.0 Å². The highest BCUT2D eigenvalue weighted by atomic mass is 16.3. The molecule has 144 valence electrons. The van der Waals surface area contributed by atoms with Crippen molar-refractivity contribution in [3.05, 3.63) is 65.0 Å². The van der Waals surface area contributed by atoms with Crippen LogP contribution in [0.3, 0.4) is 0 Å². The number of likely N-dealkylation sites (tertiary alicyclic amines) is 1. The van der Waals surface area contributed by atoms with E-state index in [2.05, 4.69) is 28.1 Å². The highest BCUT2D eigenvalue weighted by Crippen LogP contribution is 2.29. The van der Waals surface area contributed by atoms with Crippen LogP contribution in [0.1, 0.15) is 47.4 Å². The van der Waals surface area contributed by atoms with Gasteiger partial charge >= 0.3 is 0 Å². The van der Waals surface area contributed by atoms with Gasteiger partial charge in [0.15, 0.2) is 5.78 Å². The Bertz CT molecular complexity index is 779. The maximum absolute atomic E-state index is 12.7. The summed E-state index contributed by atoms with van der Waals surface area (Å²) in [6.45, 7) is 3.68. The van der Waals surface area contributed by atoms with E-state index in [1.807, 2.05) is 25.1 Å². The largest absolute Gasteiger partial charge is 0.391 e. The molecule has 4 rings (SSSR count). The fraction of sp³-hybridized carbons (Fsp3) is 0.478. The van der Waals surface area contributed by atoms with Crippen LogP contribution in [0.15, 0.2) is 42.6 Å². The lowest BCUT2D eigenvalue weighted by molar-refractivity contribution is 0.0239. The average molecular weight is 367 g/mol. The van der Waals surface area contributed by atoms with Crippen LogP contribution in [0, 0.1) is 12.8 Å². The number of fused-ring (bicyclic) bond motifs is 1. The van der Waals surface area contributed by atoms with Gasteiger partial charge in [0.1, 0.15) is 0 Å². The molecule has 0 saturated carbocycles. The molecule has 1 N–H and O–H groups in total. The van der Waals surface area contributed by atoms with E-state index < -0.39 is 0 Å². The molecule has 1 aliphatic heterocycles. The number of aryl methyl sites for hydroxylation is 1. The second-order valence-corrected chi connectivity index (χ2v) is 7.67. The van der Waals surface area contributed by atoms with Gasteiger partial charge in [-0.05, 0) is 62.5 Å². The van der Waals surface area contributed by atoms with E-state index in [0.717, 1.165) is 50.0 Å². The van der Waals surface area contributed by atoms with Gasteiger partial charge in [-0.1, -0.05) is 31.7 Å². The Morgan fingerprint density at radius 1 is 1.07 bits per heavy atom. The zero-order valence-electron chi connectivity index (χ0n) is 15.3. The van der Waals surface area contributed by atoms with E-state index in [-0.39, 0.29) is 31.3 Å². The highest BCUT2D eigenvalue weighted by Gasteiger charge is 2.35. The number of aliphatic hydroxyl groups excluding tert-OH is 1. The summed E-state index contributed by atoms with van der Waals surface area (Å²) >= 11 is 0. The van der Waals surface area contributed by atoms with Crippen molar-refractivity contribution < 1.29 is 9.90 Å². The Labute approximate surface area is 162 Å². The summed E-state index contributed by atoms with van der Waals surface area (Å²) in [5, 5.41) is 10.6. The number of ketones is 1. The van der Waals surface area contributed by atoms with Gasteiger partial charge in [-0.15, -0.1) is 0 Å². The first-order chi connectivity index (χ1) is 12.6. The van der Waals surface area contributed by atoms with Gasteiger partial charge in [-0.25, -0.2) is 0 Å². The minimum absolute atomic E-state index is 0. The lowest BCUT2D eigenvalue weighted by Gasteiger charge is -2.41. The number of nitrogens with zero attached hydrogens (tertiary/aromatic N) is 2. The molecule has 27 heavy (non-hydrogen) atoms. The Kier molecular flexibility index (Phi) is 6.08. The van der Waals surface area contributed by atoms with Crippen LogP contribution in [0.2, 0.25) is 0 Å². The molecule has 1 aromatic carbocycles. The normalized spacial score (nSPS) is 23.3. The molecular weight excluding hydrogens is 336 g/mol. The van der Waals surface area contributed by atoms with Crippen molar-refractivity contribution in [2.75, 3.05) is 13.1 Å². The first-order valence-corrected chi connectivity index (χ1v) is 9.57. The van der Waals surface area contributed by atoms with Crippen LogP contribution in [0.5, 0.6) is 0 Å². The SMILES string of the molecule is C.Cc1ccc(C(=O)C2CCN(C3Cc4ccccc4CC3O)CC2)cn1. The minimum atomic E-state index is -0.321. The summed E-state index contributed by atoms with van der Waals surface area (Å²) in [7, 11) is 0. The topological polar surface area (TPSA) is 53.4 Å². The lowest BCUT2D eigenvalue weighted by atomic mass is 9.83. The quantitative estimate of drug-likeness (QED) is 0.846. The molecule has 1 fully saturated rings. The number of carbonyl (C=O) groups excluding carboxylic acids is 1. The molecule has 4 heteroatoms. The zero-order valence-corrected chi connectivity index (χ0v) is 15.3. The number of aliphatic hydroxyl groups is 1. The second kappa shape index (κ2) is 8.32. The summed E-state index contributed by atoms with van der Waals surface area (Å²) in [6.07, 6.45) is 4.73. The predicted molar refractivity (Wildman–Crippen MR) is 108 cm³/mol. The number of piperidine rings is 1. The minimum Gasteiger partial charge on any atom is -0.391 e. The maximum Gasteiger partial charge on any atom is 0.167 e. The first kappa shape index (κ1) is 19.7. The molecule has 2 atom stereocenters. The Morgan fingerprint density at radius 2 is 1.74 bits per heavy atom. The molecule has 2 heterocycles. The predicted octanol–water partition coefficient (Wildman–Crippen LogP) is 3.45. The van der Waals surface area contributed by atoms with Gasteiger partial charge in [0.05, 0.1) is 6.10 Å².